The van der Waals surface area contributed by atoms with Gasteiger partial charge in [-0.1, -0.05) is 53.7 Å². The van der Waals surface area contributed by atoms with Crippen molar-refractivity contribution >= 4 is 21.6 Å². The van der Waals surface area contributed by atoms with Gasteiger partial charge in [-0.2, -0.15) is 0 Å². The molecule has 0 aromatic heterocycles. The number of methoxy groups -OCH3 is 2. The maximum Gasteiger partial charge on any atom is 0.207 e. The maximum atomic E-state index is 12.4. The first-order valence-corrected chi connectivity index (χ1v) is 19.7. The zero-order valence-electron chi connectivity index (χ0n) is 28.5. The van der Waals surface area contributed by atoms with E-state index in [9.17, 15) is 20.4 Å². The zero-order valence-corrected chi connectivity index (χ0v) is 30.1. The van der Waals surface area contributed by atoms with Crippen LogP contribution in [0.1, 0.15) is 86.1 Å². The van der Waals surface area contributed by atoms with Crippen molar-refractivity contribution in [3.63, 3.8) is 0 Å². The number of phenols is 3. The molecule has 8 nitrogen and oxygen atoms in total. The third-order valence-electron chi connectivity index (χ3n) is 10.6. The molecule has 4 bridgehead atoms. The molecule has 0 saturated carbocycles. The fourth-order valence-corrected chi connectivity index (χ4v) is 11.0. The summed E-state index contributed by atoms with van der Waals surface area (Å²) in [5.74, 6) is 2.41. The average molecular weight is 707 g/mol. The second-order valence-electron chi connectivity index (χ2n) is 14.1. The molecule has 2 aliphatic carbocycles. The van der Waals surface area contributed by atoms with Gasteiger partial charge in [-0.3, -0.25) is 0 Å². The Labute approximate surface area is 296 Å². The molecule has 4 aliphatic rings. The first-order valence-electron chi connectivity index (χ1n) is 17.3. The van der Waals surface area contributed by atoms with E-state index in [-0.39, 0.29) is 46.1 Å². The van der Waals surface area contributed by atoms with E-state index in [1.807, 2.05) is 29.0 Å². The van der Waals surface area contributed by atoms with Gasteiger partial charge < -0.3 is 39.4 Å². The van der Waals surface area contributed by atoms with Gasteiger partial charge in [0.1, 0.15) is 23.4 Å². The quantitative estimate of drug-likeness (QED) is 0.141. The lowest BCUT2D eigenvalue weighted by molar-refractivity contribution is 0.00296. The topological polar surface area (TPSA) is 118 Å². The number of hydrogen-bond acceptors (Lipinski definition) is 10. The molecule has 262 valence electrons. The third kappa shape index (κ3) is 6.40. The van der Waals surface area contributed by atoms with Crippen LogP contribution in [0.15, 0.2) is 42.5 Å². The number of benzene rings is 3. The van der Waals surface area contributed by atoms with Gasteiger partial charge in [0.25, 0.3) is 0 Å². The third-order valence-corrected chi connectivity index (χ3v) is 13.4. The monoisotopic (exact) mass is 706 g/mol. The van der Waals surface area contributed by atoms with Gasteiger partial charge in [0.15, 0.2) is 17.6 Å². The van der Waals surface area contributed by atoms with E-state index >= 15 is 0 Å². The Morgan fingerprint density at radius 3 is 2.59 bits per heavy atom. The number of phenolic OH excluding ortho intramolecular Hbond substituents is 3. The Kier molecular flexibility index (Phi) is 9.83. The number of aromatic hydroxyl groups is 3. The van der Waals surface area contributed by atoms with Gasteiger partial charge in [0.05, 0.1) is 20.8 Å². The van der Waals surface area contributed by atoms with E-state index < -0.39 is 12.2 Å². The number of aliphatic hydroxyl groups excluding tert-OH is 1. The standard InChI is InChI=1S/C39H46O8S2/c1-20(2)12-13-46-32-17-28(35(41)39(45-4)37(32)43)38-36(42)29-19-48-49-24-7-5-6-21(14-24)8-9-22-15-27-33(25-11-10-23(40)16-26(22)25)30(44-3)18-31(47-38)34(27)29/h5,7,10-11,16-18,20-22,24,29,36,38,40-43H,6,8-9,12-15,19H2,1-4H3/t21-,22-,24-,29+,36-,38+/m1/s1. The minimum atomic E-state index is -1.04. The summed E-state index contributed by atoms with van der Waals surface area (Å²) < 4.78 is 24.2. The lowest BCUT2D eigenvalue weighted by Gasteiger charge is -2.41. The molecule has 49 heavy (non-hydrogen) atoms. The molecule has 4 N–H and O–H groups in total. The number of ether oxygens (including phenoxy) is 4. The first kappa shape index (κ1) is 34.1. The molecule has 0 amide bonds. The van der Waals surface area contributed by atoms with Gasteiger partial charge in [-0.15, -0.1) is 0 Å². The van der Waals surface area contributed by atoms with Crippen molar-refractivity contribution in [2.75, 3.05) is 26.6 Å². The lowest BCUT2D eigenvalue weighted by atomic mass is 9.71. The van der Waals surface area contributed by atoms with Crippen LogP contribution in [0.4, 0.5) is 0 Å². The highest BCUT2D eigenvalue weighted by molar-refractivity contribution is 8.77. The van der Waals surface area contributed by atoms with Crippen LogP contribution in [0.3, 0.4) is 0 Å². The summed E-state index contributed by atoms with van der Waals surface area (Å²) in [5, 5.41) is 45.8. The van der Waals surface area contributed by atoms with E-state index in [0.29, 0.717) is 40.9 Å². The Hall–Kier alpha value is -3.34. The molecule has 10 heteroatoms. The van der Waals surface area contributed by atoms with E-state index in [4.69, 9.17) is 18.9 Å². The van der Waals surface area contributed by atoms with Gasteiger partial charge in [0.2, 0.25) is 11.5 Å². The van der Waals surface area contributed by atoms with Crippen LogP contribution in [0.5, 0.6) is 40.2 Å². The summed E-state index contributed by atoms with van der Waals surface area (Å²) in [6.07, 6.45) is 8.42. The molecule has 0 radical (unpaired) electrons. The van der Waals surface area contributed by atoms with Crippen LogP contribution < -0.4 is 18.9 Å². The Morgan fingerprint density at radius 1 is 0.980 bits per heavy atom. The van der Waals surface area contributed by atoms with Crippen LogP contribution in [-0.4, -0.2) is 58.4 Å². The number of hydrogen-bond donors (Lipinski definition) is 4. The summed E-state index contributed by atoms with van der Waals surface area (Å²) in [5.41, 5.74) is 5.51. The fourth-order valence-electron chi connectivity index (χ4n) is 8.05. The average Bonchev–Trinajstić information content (AvgIpc) is 3.09. The molecule has 3 aromatic rings. The number of aliphatic hydroxyl groups is 1. The molecule has 0 saturated heterocycles. The van der Waals surface area contributed by atoms with Crippen LogP contribution in [-0.2, 0) is 6.42 Å². The number of allylic oxidation sites excluding steroid dienone is 1. The van der Waals surface area contributed by atoms with Gasteiger partial charge >= 0.3 is 0 Å². The molecule has 2 aliphatic heterocycles. The second kappa shape index (κ2) is 14.1. The van der Waals surface area contributed by atoms with E-state index in [2.05, 4.69) is 26.0 Å². The predicted molar refractivity (Wildman–Crippen MR) is 195 cm³/mol. The molecule has 7 rings (SSSR count). The summed E-state index contributed by atoms with van der Waals surface area (Å²) in [6, 6.07) is 9.11. The minimum Gasteiger partial charge on any atom is -0.508 e. The van der Waals surface area contributed by atoms with E-state index in [1.165, 1.54) is 7.11 Å². The van der Waals surface area contributed by atoms with Crippen LogP contribution >= 0.6 is 21.6 Å². The van der Waals surface area contributed by atoms with Crippen LogP contribution in [0.25, 0.3) is 11.1 Å². The molecule has 0 spiro atoms. The largest absolute Gasteiger partial charge is 0.508 e. The second-order valence-corrected chi connectivity index (χ2v) is 16.8. The van der Waals surface area contributed by atoms with E-state index in [1.54, 1.807) is 30.0 Å². The minimum absolute atomic E-state index is 0.122. The normalized spacial score (nSPS) is 25.7. The van der Waals surface area contributed by atoms with Crippen molar-refractivity contribution in [3.8, 4) is 51.4 Å². The Balaban J connectivity index is 1.38. The van der Waals surface area contributed by atoms with Crippen molar-refractivity contribution < 1.29 is 39.4 Å². The molecule has 0 unspecified atom stereocenters. The van der Waals surface area contributed by atoms with Gasteiger partial charge in [-0.25, -0.2) is 0 Å². The number of rotatable bonds is 7. The summed E-state index contributed by atoms with van der Waals surface area (Å²) >= 11 is 0. The lowest BCUT2D eigenvalue weighted by Crippen LogP contribution is -2.37. The van der Waals surface area contributed by atoms with Crippen molar-refractivity contribution in [3.05, 3.63) is 64.7 Å². The Bertz CT molecular complexity index is 1740. The van der Waals surface area contributed by atoms with Crippen molar-refractivity contribution in [1.29, 1.82) is 0 Å². The van der Waals surface area contributed by atoms with Crippen LogP contribution in [0, 0.1) is 11.8 Å². The zero-order chi connectivity index (χ0) is 34.4. The fraction of sp³-hybridized carbons (Fsp3) is 0.487. The first-order chi connectivity index (χ1) is 23.7. The SMILES string of the molecule is COc1cc2c3c4c1-c1ccc(O)cc1[C@H](CC[C@H]1CC=C[C@H](C1)SSC[C@@H]3[C@@H](O)[C@H](c1cc(OCCC(C)C)c(O)c(OC)c1O)O2)C4. The molecule has 3 aromatic carbocycles. The molecular weight excluding hydrogens is 661 g/mol. The van der Waals surface area contributed by atoms with Gasteiger partial charge in [-0.05, 0) is 91.2 Å². The molecule has 2 heterocycles. The van der Waals surface area contributed by atoms with Crippen LogP contribution in [0.2, 0.25) is 0 Å². The molecular formula is C39H46O8S2. The summed E-state index contributed by atoms with van der Waals surface area (Å²) in [6.45, 7) is 4.56. The summed E-state index contributed by atoms with van der Waals surface area (Å²) in [4.78, 5) is 0. The highest BCUT2D eigenvalue weighted by Crippen LogP contribution is 2.58. The smallest absolute Gasteiger partial charge is 0.207 e. The highest BCUT2D eigenvalue weighted by atomic mass is 33.1. The number of fused-ring (bicyclic) bond motifs is 6. The highest BCUT2D eigenvalue weighted by Gasteiger charge is 2.45. The Morgan fingerprint density at radius 2 is 1.82 bits per heavy atom. The molecule has 6 atom stereocenters. The maximum absolute atomic E-state index is 12.4. The van der Waals surface area contributed by atoms with Crippen molar-refractivity contribution in [2.45, 2.75) is 81.7 Å². The van der Waals surface area contributed by atoms with Gasteiger partial charge in [0, 0.05) is 39.7 Å². The summed E-state index contributed by atoms with van der Waals surface area (Å²) in [7, 11) is 6.66. The van der Waals surface area contributed by atoms with Crippen molar-refractivity contribution in [1.82, 2.24) is 0 Å². The van der Waals surface area contributed by atoms with E-state index in [0.717, 1.165) is 66.3 Å². The molecule has 0 fully saturated rings. The van der Waals surface area contributed by atoms with Crippen molar-refractivity contribution in [2.24, 2.45) is 11.8 Å². The predicted octanol–water partition coefficient (Wildman–Crippen LogP) is 8.64.